The molecule has 0 spiro atoms. The van der Waals surface area contributed by atoms with Gasteiger partial charge in [-0.05, 0) is 21.5 Å². The van der Waals surface area contributed by atoms with Crippen LogP contribution in [0.1, 0.15) is 5.56 Å². The van der Waals surface area contributed by atoms with E-state index in [0.717, 1.165) is 12.3 Å². The zero-order valence-corrected chi connectivity index (χ0v) is 11.5. The van der Waals surface area contributed by atoms with E-state index in [2.05, 4.69) is 4.98 Å². The number of anilines is 1. The average molecular weight is 309 g/mol. The van der Waals surface area contributed by atoms with Crippen LogP contribution in [-0.2, 0) is 20.9 Å². The van der Waals surface area contributed by atoms with Crippen molar-refractivity contribution in [3.63, 3.8) is 0 Å². The van der Waals surface area contributed by atoms with Gasteiger partial charge in [0.05, 0.1) is 12.3 Å². The fourth-order valence-electron chi connectivity index (χ4n) is 1.56. The second kappa shape index (κ2) is 5.85. The maximum atomic E-state index is 12.1. The Labute approximate surface area is 120 Å². The van der Waals surface area contributed by atoms with Gasteiger partial charge in [-0.25, -0.2) is 0 Å². The normalized spacial score (nSPS) is 11.2. The van der Waals surface area contributed by atoms with Gasteiger partial charge in [0.25, 0.3) is 0 Å². The maximum Gasteiger partial charge on any atom is 0.384 e. The van der Waals surface area contributed by atoms with Gasteiger partial charge in [-0.2, -0.15) is 8.42 Å². The van der Waals surface area contributed by atoms with Gasteiger partial charge >= 0.3 is 15.9 Å². The topological polar surface area (TPSA) is 125 Å². The van der Waals surface area contributed by atoms with Crippen LogP contribution >= 0.6 is 0 Å². The predicted octanol–water partition coefficient (Wildman–Crippen LogP) is 1.48. The summed E-state index contributed by atoms with van der Waals surface area (Å²) in [6.45, 7) is -0.241. The molecule has 2 N–H and O–H groups in total. The molecule has 0 radical (unpaired) electrons. The number of benzene rings is 1. The average Bonchev–Trinajstić information content (AvgIpc) is 2.46. The first kappa shape index (κ1) is 14.9. The quantitative estimate of drug-likeness (QED) is 0.503. The summed E-state index contributed by atoms with van der Waals surface area (Å²) in [5.41, 5.74) is 6.03. The van der Waals surface area contributed by atoms with Crippen molar-refractivity contribution in [3.8, 4) is 0 Å². The molecular weight excluding hydrogens is 298 g/mol. The van der Waals surface area contributed by atoms with E-state index in [1.165, 1.54) is 0 Å². The number of aromatic nitrogens is 1. The standard InChI is InChI=1S/C12H11N3O5S/c13-10-6-11(12(14-7-10)15(16)17)21(18,19)20-8-9-4-2-1-3-5-9/h1-7H,8,13H2. The predicted molar refractivity (Wildman–Crippen MR) is 73.7 cm³/mol. The van der Waals surface area contributed by atoms with Gasteiger partial charge in [-0.1, -0.05) is 30.3 Å². The third-order valence-electron chi connectivity index (χ3n) is 2.52. The highest BCUT2D eigenvalue weighted by Crippen LogP contribution is 2.25. The number of pyridine rings is 1. The molecule has 0 saturated heterocycles. The molecule has 0 amide bonds. The molecular formula is C12H11N3O5S. The van der Waals surface area contributed by atoms with E-state index in [9.17, 15) is 18.5 Å². The summed E-state index contributed by atoms with van der Waals surface area (Å²) in [6.07, 6.45) is 1.01. The summed E-state index contributed by atoms with van der Waals surface area (Å²) >= 11 is 0. The van der Waals surface area contributed by atoms with Crippen molar-refractivity contribution in [1.82, 2.24) is 4.98 Å². The Hall–Kier alpha value is -2.52. The molecule has 0 fully saturated rings. The third kappa shape index (κ3) is 3.52. The SMILES string of the molecule is Nc1cnc([N+](=O)[O-])c(S(=O)(=O)OCc2ccccc2)c1. The molecule has 21 heavy (non-hydrogen) atoms. The van der Waals surface area contributed by atoms with E-state index in [4.69, 9.17) is 9.92 Å². The van der Waals surface area contributed by atoms with Crippen LogP contribution in [0.4, 0.5) is 11.5 Å². The van der Waals surface area contributed by atoms with Gasteiger partial charge < -0.3 is 15.8 Å². The lowest BCUT2D eigenvalue weighted by Gasteiger charge is -2.06. The van der Waals surface area contributed by atoms with E-state index in [1.54, 1.807) is 30.3 Å². The second-order valence-corrected chi connectivity index (χ2v) is 5.63. The lowest BCUT2D eigenvalue weighted by molar-refractivity contribution is -0.392. The van der Waals surface area contributed by atoms with Crippen molar-refractivity contribution in [2.24, 2.45) is 0 Å². The number of hydrogen-bond acceptors (Lipinski definition) is 7. The van der Waals surface area contributed by atoms with Gasteiger partial charge in [0.15, 0.2) is 11.1 Å². The first-order valence-electron chi connectivity index (χ1n) is 5.73. The minimum absolute atomic E-state index is 0.0116. The smallest absolute Gasteiger partial charge is 0.384 e. The Morgan fingerprint density at radius 2 is 1.95 bits per heavy atom. The van der Waals surface area contributed by atoms with Gasteiger partial charge in [-0.3, -0.25) is 4.18 Å². The highest BCUT2D eigenvalue weighted by molar-refractivity contribution is 7.86. The van der Waals surface area contributed by atoms with Crippen molar-refractivity contribution < 1.29 is 17.5 Å². The van der Waals surface area contributed by atoms with Crippen molar-refractivity contribution in [2.45, 2.75) is 11.5 Å². The first-order valence-corrected chi connectivity index (χ1v) is 7.14. The van der Waals surface area contributed by atoms with Gasteiger partial charge in [0.1, 0.15) is 0 Å². The lowest BCUT2D eigenvalue weighted by atomic mass is 10.2. The Balaban J connectivity index is 2.31. The number of nitrogens with two attached hydrogens (primary N) is 1. The fourth-order valence-corrected chi connectivity index (χ4v) is 2.61. The minimum atomic E-state index is -4.34. The van der Waals surface area contributed by atoms with Crippen molar-refractivity contribution >= 4 is 21.6 Å². The molecule has 2 rings (SSSR count). The summed E-state index contributed by atoms with van der Waals surface area (Å²) in [5, 5.41) is 10.8. The summed E-state index contributed by atoms with van der Waals surface area (Å²) in [7, 11) is -4.34. The zero-order chi connectivity index (χ0) is 15.5. The summed E-state index contributed by atoms with van der Waals surface area (Å²) in [5.74, 6) is -0.822. The van der Waals surface area contributed by atoms with E-state index < -0.39 is 25.8 Å². The number of nitrogen functional groups attached to an aromatic ring is 1. The molecule has 0 atom stereocenters. The molecule has 110 valence electrons. The number of nitrogens with zero attached hydrogens (tertiary/aromatic N) is 2. The number of rotatable bonds is 5. The Morgan fingerprint density at radius 1 is 1.29 bits per heavy atom. The van der Waals surface area contributed by atoms with E-state index in [-0.39, 0.29) is 12.3 Å². The molecule has 0 aliphatic carbocycles. The highest BCUT2D eigenvalue weighted by atomic mass is 32.2. The minimum Gasteiger partial charge on any atom is -0.396 e. The lowest BCUT2D eigenvalue weighted by Crippen LogP contribution is -2.11. The molecule has 1 heterocycles. The Morgan fingerprint density at radius 3 is 2.57 bits per heavy atom. The van der Waals surface area contributed by atoms with Crippen molar-refractivity contribution in [1.29, 1.82) is 0 Å². The molecule has 9 heteroatoms. The first-order chi connectivity index (χ1) is 9.90. The third-order valence-corrected chi connectivity index (χ3v) is 3.79. The highest BCUT2D eigenvalue weighted by Gasteiger charge is 2.28. The van der Waals surface area contributed by atoms with Crippen molar-refractivity contribution in [3.05, 3.63) is 58.3 Å². The maximum absolute atomic E-state index is 12.1. The van der Waals surface area contributed by atoms with E-state index in [1.807, 2.05) is 0 Å². The fraction of sp³-hybridized carbons (Fsp3) is 0.0833. The van der Waals surface area contributed by atoms with Crippen LogP contribution in [0.3, 0.4) is 0 Å². The molecule has 8 nitrogen and oxygen atoms in total. The second-order valence-electron chi connectivity index (χ2n) is 4.05. The molecule has 0 aliphatic heterocycles. The molecule has 0 aliphatic rings. The van der Waals surface area contributed by atoms with Gasteiger partial charge in [0.2, 0.25) is 0 Å². The zero-order valence-electron chi connectivity index (χ0n) is 10.7. The van der Waals surface area contributed by atoms with Gasteiger partial charge in [0, 0.05) is 0 Å². The Bertz CT molecular complexity index is 762. The van der Waals surface area contributed by atoms with Crippen LogP contribution in [0.25, 0.3) is 0 Å². The molecule has 2 aromatic rings. The molecule has 0 unspecified atom stereocenters. The number of nitro groups is 1. The number of hydrogen-bond donors (Lipinski definition) is 1. The molecule has 1 aromatic carbocycles. The van der Waals surface area contributed by atoms with Crippen LogP contribution < -0.4 is 5.73 Å². The Kier molecular flexibility index (Phi) is 4.15. The summed E-state index contributed by atoms with van der Waals surface area (Å²) in [6, 6.07) is 9.49. The van der Waals surface area contributed by atoms with Crippen LogP contribution in [0.15, 0.2) is 47.5 Å². The van der Waals surface area contributed by atoms with Crippen LogP contribution in [0, 0.1) is 10.1 Å². The molecule has 1 aromatic heterocycles. The summed E-state index contributed by atoms with van der Waals surface area (Å²) in [4.78, 5) is 12.7. The van der Waals surface area contributed by atoms with Crippen molar-refractivity contribution in [2.75, 3.05) is 5.73 Å². The van der Waals surface area contributed by atoms with E-state index in [0.29, 0.717) is 5.56 Å². The molecule has 0 saturated carbocycles. The molecule has 0 bridgehead atoms. The largest absolute Gasteiger partial charge is 0.396 e. The van der Waals surface area contributed by atoms with Crippen LogP contribution in [0.2, 0.25) is 0 Å². The summed E-state index contributed by atoms with van der Waals surface area (Å²) < 4.78 is 28.9. The monoisotopic (exact) mass is 309 g/mol. The van der Waals surface area contributed by atoms with Crippen LogP contribution in [0.5, 0.6) is 0 Å². The van der Waals surface area contributed by atoms with E-state index >= 15 is 0 Å². The van der Waals surface area contributed by atoms with Gasteiger partial charge in [-0.15, -0.1) is 0 Å². The van der Waals surface area contributed by atoms with Crippen LogP contribution in [-0.4, -0.2) is 18.3 Å².